The molecule has 1 amide bonds. The number of nitrogens with one attached hydrogen (secondary N) is 1. The third kappa shape index (κ3) is 4.19. The van der Waals surface area contributed by atoms with Crippen molar-refractivity contribution >= 4 is 29.1 Å². The molecule has 0 bridgehead atoms. The third-order valence-corrected chi connectivity index (χ3v) is 4.03. The van der Waals surface area contributed by atoms with Gasteiger partial charge < -0.3 is 10.4 Å². The molecule has 2 aromatic carbocycles. The number of rotatable bonds is 4. The monoisotopic (exact) mass is 359 g/mol. The Labute approximate surface area is 141 Å². The van der Waals surface area contributed by atoms with Gasteiger partial charge >= 0.3 is 0 Å². The molecule has 0 spiro atoms. The van der Waals surface area contributed by atoms with Gasteiger partial charge in [-0.1, -0.05) is 29.3 Å². The molecule has 0 radical (unpaired) electrons. The van der Waals surface area contributed by atoms with Gasteiger partial charge in [0.15, 0.2) is 0 Å². The summed E-state index contributed by atoms with van der Waals surface area (Å²) in [6.07, 6.45) is 0. The number of carbonyl (C=O) groups excluding carboxylic acids is 1. The van der Waals surface area contributed by atoms with Crippen LogP contribution in [0.5, 0.6) is 0 Å². The molecule has 0 saturated carbocycles. The Balaban J connectivity index is 2.11. The van der Waals surface area contributed by atoms with Crippen LogP contribution in [-0.4, -0.2) is 17.6 Å². The molecule has 1 unspecified atom stereocenters. The van der Waals surface area contributed by atoms with Crippen LogP contribution in [0.4, 0.5) is 8.78 Å². The van der Waals surface area contributed by atoms with E-state index in [-0.39, 0.29) is 22.7 Å². The molecule has 1 atom stereocenters. The topological polar surface area (TPSA) is 49.3 Å². The van der Waals surface area contributed by atoms with Crippen LogP contribution in [0.15, 0.2) is 36.4 Å². The summed E-state index contributed by atoms with van der Waals surface area (Å²) >= 11 is 11.6. The van der Waals surface area contributed by atoms with Gasteiger partial charge in [-0.25, -0.2) is 8.78 Å². The molecule has 3 nitrogen and oxygen atoms in total. The van der Waals surface area contributed by atoms with Crippen molar-refractivity contribution in [2.24, 2.45) is 0 Å². The van der Waals surface area contributed by atoms with E-state index in [2.05, 4.69) is 5.32 Å². The van der Waals surface area contributed by atoms with Crippen molar-refractivity contribution in [1.29, 1.82) is 0 Å². The van der Waals surface area contributed by atoms with Crippen molar-refractivity contribution in [2.45, 2.75) is 12.5 Å². The first kappa shape index (κ1) is 17.7. The molecule has 0 aliphatic carbocycles. The highest BCUT2D eigenvalue weighted by Crippen LogP contribution is 2.25. The van der Waals surface area contributed by atoms with E-state index in [9.17, 15) is 18.7 Å². The summed E-state index contributed by atoms with van der Waals surface area (Å²) in [5.41, 5.74) is -1.58. The van der Waals surface area contributed by atoms with Crippen LogP contribution in [0.3, 0.4) is 0 Å². The maximum absolute atomic E-state index is 13.7. The van der Waals surface area contributed by atoms with Gasteiger partial charge in [0.2, 0.25) is 0 Å². The van der Waals surface area contributed by atoms with E-state index in [0.29, 0.717) is 11.1 Å². The summed E-state index contributed by atoms with van der Waals surface area (Å²) < 4.78 is 26.7. The average Bonchev–Trinajstić information content (AvgIpc) is 2.47. The summed E-state index contributed by atoms with van der Waals surface area (Å²) in [6.45, 7) is 1.05. The summed E-state index contributed by atoms with van der Waals surface area (Å²) in [4.78, 5) is 12.0. The van der Waals surface area contributed by atoms with Gasteiger partial charge in [-0.05, 0) is 31.2 Å². The minimum Gasteiger partial charge on any atom is -0.383 e. The highest BCUT2D eigenvalue weighted by Gasteiger charge is 2.27. The maximum Gasteiger partial charge on any atom is 0.251 e. The first-order chi connectivity index (χ1) is 10.7. The zero-order valence-corrected chi connectivity index (χ0v) is 13.6. The first-order valence-corrected chi connectivity index (χ1v) is 7.37. The molecule has 0 saturated heterocycles. The van der Waals surface area contributed by atoms with E-state index in [1.165, 1.54) is 25.1 Å². The zero-order valence-electron chi connectivity index (χ0n) is 12.0. The molecule has 2 aromatic rings. The lowest BCUT2D eigenvalue weighted by atomic mass is 9.95. The second-order valence-corrected chi connectivity index (χ2v) is 6.02. The lowest BCUT2D eigenvalue weighted by molar-refractivity contribution is 0.0494. The fraction of sp³-hybridized carbons (Fsp3) is 0.188. The van der Waals surface area contributed by atoms with E-state index in [1.807, 2.05) is 0 Å². The Morgan fingerprint density at radius 2 is 1.87 bits per heavy atom. The predicted octanol–water partition coefficient (Wildman–Crippen LogP) is 3.91. The van der Waals surface area contributed by atoms with Gasteiger partial charge in [-0.15, -0.1) is 0 Å². The van der Waals surface area contributed by atoms with E-state index in [1.54, 1.807) is 0 Å². The molecule has 7 heteroatoms. The van der Waals surface area contributed by atoms with Crippen LogP contribution in [0.1, 0.15) is 22.8 Å². The Morgan fingerprint density at radius 1 is 1.17 bits per heavy atom. The zero-order chi connectivity index (χ0) is 17.2. The maximum atomic E-state index is 13.7. The van der Waals surface area contributed by atoms with E-state index < -0.39 is 23.1 Å². The average molecular weight is 360 g/mol. The number of hydrogen-bond donors (Lipinski definition) is 2. The first-order valence-electron chi connectivity index (χ1n) is 6.62. The van der Waals surface area contributed by atoms with Crippen molar-refractivity contribution in [3.63, 3.8) is 0 Å². The van der Waals surface area contributed by atoms with Crippen LogP contribution in [0.2, 0.25) is 10.0 Å². The van der Waals surface area contributed by atoms with Crippen molar-refractivity contribution in [2.75, 3.05) is 6.54 Å². The van der Waals surface area contributed by atoms with Gasteiger partial charge in [-0.2, -0.15) is 0 Å². The fourth-order valence-corrected chi connectivity index (χ4v) is 2.31. The number of hydrogen-bond acceptors (Lipinski definition) is 2. The molecule has 2 rings (SSSR count). The molecule has 0 heterocycles. The van der Waals surface area contributed by atoms with Crippen molar-refractivity contribution in [1.82, 2.24) is 5.32 Å². The molecule has 122 valence electrons. The van der Waals surface area contributed by atoms with Crippen LogP contribution < -0.4 is 5.32 Å². The summed E-state index contributed by atoms with van der Waals surface area (Å²) in [5, 5.41) is 13.3. The van der Waals surface area contributed by atoms with Crippen molar-refractivity contribution in [3.8, 4) is 0 Å². The summed E-state index contributed by atoms with van der Waals surface area (Å²) in [7, 11) is 0. The number of benzene rings is 2. The van der Waals surface area contributed by atoms with Gasteiger partial charge in [0.1, 0.15) is 17.2 Å². The highest BCUT2D eigenvalue weighted by atomic mass is 35.5. The minimum atomic E-state index is -1.70. The van der Waals surface area contributed by atoms with E-state index in [4.69, 9.17) is 23.2 Å². The SMILES string of the molecule is CC(O)(CNC(=O)c1ccc(Cl)c(Cl)c1)c1ccc(F)cc1F. The number of halogens is 4. The molecule has 0 fully saturated rings. The van der Waals surface area contributed by atoms with Crippen molar-refractivity contribution in [3.05, 3.63) is 69.2 Å². The summed E-state index contributed by atoms with van der Waals surface area (Å²) in [6, 6.07) is 7.16. The van der Waals surface area contributed by atoms with Gasteiger partial charge in [0.05, 0.1) is 16.6 Å². The molecule has 23 heavy (non-hydrogen) atoms. The third-order valence-electron chi connectivity index (χ3n) is 3.29. The fourth-order valence-electron chi connectivity index (χ4n) is 2.01. The van der Waals surface area contributed by atoms with Crippen LogP contribution in [0.25, 0.3) is 0 Å². The molecule has 0 aromatic heterocycles. The Bertz CT molecular complexity index is 751. The van der Waals surface area contributed by atoms with Crippen LogP contribution in [0, 0.1) is 11.6 Å². The van der Waals surface area contributed by atoms with Crippen LogP contribution in [-0.2, 0) is 5.60 Å². The largest absolute Gasteiger partial charge is 0.383 e. The lowest BCUT2D eigenvalue weighted by Crippen LogP contribution is -2.39. The molecule has 0 aliphatic rings. The smallest absolute Gasteiger partial charge is 0.251 e. The van der Waals surface area contributed by atoms with Gasteiger partial charge in [-0.3, -0.25) is 4.79 Å². The lowest BCUT2D eigenvalue weighted by Gasteiger charge is -2.24. The molecule has 2 N–H and O–H groups in total. The normalized spacial score (nSPS) is 13.5. The number of carbonyl (C=O) groups is 1. The Kier molecular flexibility index (Phi) is 5.24. The molecular formula is C16H13Cl2F2NO2. The van der Waals surface area contributed by atoms with E-state index in [0.717, 1.165) is 12.1 Å². The second-order valence-electron chi connectivity index (χ2n) is 5.21. The summed E-state index contributed by atoms with van der Waals surface area (Å²) in [5.74, 6) is -2.15. The molecule has 0 aliphatic heterocycles. The Morgan fingerprint density at radius 3 is 2.48 bits per heavy atom. The van der Waals surface area contributed by atoms with Crippen LogP contribution >= 0.6 is 23.2 Å². The number of aliphatic hydroxyl groups is 1. The second kappa shape index (κ2) is 6.83. The quantitative estimate of drug-likeness (QED) is 0.869. The van der Waals surface area contributed by atoms with Gasteiger partial charge in [0, 0.05) is 17.2 Å². The highest BCUT2D eigenvalue weighted by molar-refractivity contribution is 6.42. The van der Waals surface area contributed by atoms with Gasteiger partial charge in [0.25, 0.3) is 5.91 Å². The standard InChI is InChI=1S/C16H13Cl2F2NO2/c1-16(23,11-4-3-10(19)7-14(11)20)8-21-15(22)9-2-5-12(17)13(18)6-9/h2-7,23H,8H2,1H3,(H,21,22). The van der Waals surface area contributed by atoms with Crippen molar-refractivity contribution < 1.29 is 18.7 Å². The Hall–Kier alpha value is -1.69. The van der Waals surface area contributed by atoms with E-state index >= 15 is 0 Å². The minimum absolute atomic E-state index is 0.117. The molecular weight excluding hydrogens is 347 g/mol. The number of amides is 1. The predicted molar refractivity (Wildman–Crippen MR) is 84.7 cm³/mol.